The normalized spacial score (nSPS) is 42.5. The molecule has 104 valence electrons. The molecule has 0 aromatic heterocycles. The van der Waals surface area contributed by atoms with Crippen molar-refractivity contribution in [2.24, 2.45) is 5.73 Å². The lowest BCUT2D eigenvalue weighted by molar-refractivity contribution is -0.0966. The van der Waals surface area contributed by atoms with E-state index in [9.17, 15) is 0 Å². The first-order valence-corrected chi connectivity index (χ1v) is 8.37. The number of thioether (sulfide) groups is 1. The summed E-state index contributed by atoms with van der Waals surface area (Å²) in [5.74, 6) is 2.47. The van der Waals surface area contributed by atoms with Crippen LogP contribution >= 0.6 is 11.8 Å². The Morgan fingerprint density at radius 1 is 1.50 bits per heavy atom. The maximum atomic E-state index is 6.12. The largest absolute Gasteiger partial charge is 0.374 e. The molecule has 3 unspecified atom stereocenters. The van der Waals surface area contributed by atoms with Gasteiger partial charge in [0.1, 0.15) is 0 Å². The molecule has 3 atom stereocenters. The Hall–Kier alpha value is 0.190. The third-order valence-corrected chi connectivity index (χ3v) is 5.89. The van der Waals surface area contributed by atoms with Gasteiger partial charge in [0.25, 0.3) is 0 Å². The van der Waals surface area contributed by atoms with Gasteiger partial charge in [-0.05, 0) is 25.0 Å². The van der Waals surface area contributed by atoms with E-state index in [1.165, 1.54) is 30.8 Å². The fourth-order valence-electron chi connectivity index (χ4n) is 3.62. The molecule has 0 amide bonds. The minimum atomic E-state index is 0.192. The molecule has 1 spiro atoms. The molecule has 0 saturated carbocycles. The Morgan fingerprint density at radius 3 is 3.22 bits per heavy atom. The van der Waals surface area contributed by atoms with Gasteiger partial charge in [-0.15, -0.1) is 0 Å². The highest BCUT2D eigenvalue weighted by Gasteiger charge is 2.43. The first-order chi connectivity index (χ1) is 8.83. The van der Waals surface area contributed by atoms with Crippen molar-refractivity contribution in [2.45, 2.75) is 36.9 Å². The van der Waals surface area contributed by atoms with Gasteiger partial charge in [-0.1, -0.05) is 0 Å². The average Bonchev–Trinajstić information content (AvgIpc) is 2.86. The van der Waals surface area contributed by atoms with Crippen molar-refractivity contribution >= 4 is 11.8 Å². The third-order valence-electron chi connectivity index (χ3n) is 4.67. The molecule has 18 heavy (non-hydrogen) atoms. The van der Waals surface area contributed by atoms with E-state index in [4.69, 9.17) is 10.5 Å². The van der Waals surface area contributed by atoms with E-state index in [1.54, 1.807) is 0 Å². The van der Waals surface area contributed by atoms with E-state index < -0.39 is 0 Å². The van der Waals surface area contributed by atoms with Crippen LogP contribution in [0.4, 0.5) is 0 Å². The average molecular weight is 271 g/mol. The van der Waals surface area contributed by atoms with Crippen LogP contribution in [-0.4, -0.2) is 66.9 Å². The molecule has 3 N–H and O–H groups in total. The maximum absolute atomic E-state index is 6.12. The molecule has 5 heteroatoms. The molecule has 3 rings (SSSR count). The molecule has 4 nitrogen and oxygen atoms in total. The zero-order valence-electron chi connectivity index (χ0n) is 11.1. The van der Waals surface area contributed by atoms with Gasteiger partial charge in [0.05, 0.1) is 5.60 Å². The second kappa shape index (κ2) is 5.67. The van der Waals surface area contributed by atoms with Gasteiger partial charge in [0.15, 0.2) is 0 Å². The standard InChI is InChI=1S/C13H25N3OS/c14-8-12-9-15-3-4-16(12)11-1-5-17-13(7-11)2-6-18-10-13/h11-12,15H,1-10,14H2. The predicted octanol–water partition coefficient (Wildman–Crippen LogP) is 0.274. The van der Waals surface area contributed by atoms with Crippen LogP contribution in [0, 0.1) is 0 Å². The van der Waals surface area contributed by atoms with Gasteiger partial charge in [-0.2, -0.15) is 11.8 Å². The van der Waals surface area contributed by atoms with Crippen molar-refractivity contribution in [3.05, 3.63) is 0 Å². The molecule has 0 aromatic rings. The monoisotopic (exact) mass is 271 g/mol. The van der Waals surface area contributed by atoms with Gasteiger partial charge >= 0.3 is 0 Å². The van der Waals surface area contributed by atoms with Crippen molar-refractivity contribution in [2.75, 3.05) is 44.3 Å². The van der Waals surface area contributed by atoms with Crippen molar-refractivity contribution in [3.63, 3.8) is 0 Å². The number of ether oxygens (including phenoxy) is 1. The first kappa shape index (κ1) is 13.2. The molecular formula is C13H25N3OS. The lowest BCUT2D eigenvalue weighted by Gasteiger charge is -2.47. The highest BCUT2D eigenvalue weighted by molar-refractivity contribution is 7.99. The van der Waals surface area contributed by atoms with Crippen LogP contribution in [0.2, 0.25) is 0 Å². The first-order valence-electron chi connectivity index (χ1n) is 7.21. The summed E-state index contributed by atoms with van der Waals surface area (Å²) in [6.07, 6.45) is 3.65. The van der Waals surface area contributed by atoms with Crippen LogP contribution in [-0.2, 0) is 4.74 Å². The predicted molar refractivity (Wildman–Crippen MR) is 76.1 cm³/mol. The zero-order chi connectivity index (χ0) is 12.4. The van der Waals surface area contributed by atoms with Gasteiger partial charge in [-0.3, -0.25) is 4.90 Å². The fraction of sp³-hybridized carbons (Fsp3) is 1.00. The van der Waals surface area contributed by atoms with Gasteiger partial charge in [0, 0.05) is 50.6 Å². The van der Waals surface area contributed by atoms with Crippen LogP contribution in [0.3, 0.4) is 0 Å². The number of rotatable bonds is 2. The SMILES string of the molecule is NCC1CNCCN1C1CCOC2(CCSC2)C1. The summed E-state index contributed by atoms with van der Waals surface area (Å²) >= 11 is 2.05. The van der Waals surface area contributed by atoms with E-state index >= 15 is 0 Å². The van der Waals surface area contributed by atoms with E-state index in [0.717, 1.165) is 32.8 Å². The van der Waals surface area contributed by atoms with Gasteiger partial charge < -0.3 is 15.8 Å². The second-order valence-corrected chi connectivity index (χ2v) is 6.92. The quantitative estimate of drug-likeness (QED) is 0.755. The van der Waals surface area contributed by atoms with Crippen LogP contribution in [0.15, 0.2) is 0 Å². The van der Waals surface area contributed by atoms with Crippen molar-refractivity contribution in [3.8, 4) is 0 Å². The van der Waals surface area contributed by atoms with E-state index in [-0.39, 0.29) is 5.60 Å². The Morgan fingerprint density at radius 2 is 2.44 bits per heavy atom. The molecule has 0 radical (unpaired) electrons. The summed E-state index contributed by atoms with van der Waals surface area (Å²) in [5.41, 5.74) is 6.12. The van der Waals surface area contributed by atoms with E-state index in [2.05, 4.69) is 22.0 Å². The minimum Gasteiger partial charge on any atom is -0.374 e. The van der Waals surface area contributed by atoms with Gasteiger partial charge in [0.2, 0.25) is 0 Å². The second-order valence-electron chi connectivity index (χ2n) is 5.81. The Labute approximate surface area is 114 Å². The van der Waals surface area contributed by atoms with Crippen LogP contribution in [0.25, 0.3) is 0 Å². The number of piperazine rings is 1. The Balaban J connectivity index is 1.67. The highest BCUT2D eigenvalue weighted by Crippen LogP contribution is 2.39. The van der Waals surface area contributed by atoms with Crippen LogP contribution in [0.5, 0.6) is 0 Å². The van der Waals surface area contributed by atoms with Crippen molar-refractivity contribution < 1.29 is 4.74 Å². The highest BCUT2D eigenvalue weighted by atomic mass is 32.2. The summed E-state index contributed by atoms with van der Waals surface area (Å²) in [4.78, 5) is 2.66. The number of nitrogens with two attached hydrogens (primary N) is 1. The molecule has 3 saturated heterocycles. The number of nitrogens with one attached hydrogen (secondary N) is 1. The maximum Gasteiger partial charge on any atom is 0.0795 e. The number of nitrogens with zero attached hydrogens (tertiary/aromatic N) is 1. The molecular weight excluding hydrogens is 246 g/mol. The number of hydrogen-bond acceptors (Lipinski definition) is 5. The summed E-state index contributed by atoms with van der Waals surface area (Å²) in [7, 11) is 0. The number of hydrogen-bond donors (Lipinski definition) is 2. The van der Waals surface area contributed by atoms with Crippen LogP contribution < -0.4 is 11.1 Å². The summed E-state index contributed by atoms with van der Waals surface area (Å²) in [6, 6.07) is 1.21. The van der Waals surface area contributed by atoms with Gasteiger partial charge in [-0.25, -0.2) is 0 Å². The Kier molecular flexibility index (Phi) is 4.15. The summed E-state index contributed by atoms with van der Waals surface area (Å²) in [6.45, 7) is 5.01. The molecule has 0 bridgehead atoms. The summed E-state index contributed by atoms with van der Waals surface area (Å²) < 4.78 is 6.12. The fourth-order valence-corrected chi connectivity index (χ4v) is 5.00. The smallest absolute Gasteiger partial charge is 0.0795 e. The lowest BCUT2D eigenvalue weighted by atomic mass is 9.88. The molecule has 3 heterocycles. The van der Waals surface area contributed by atoms with E-state index in [0.29, 0.717) is 12.1 Å². The van der Waals surface area contributed by atoms with Crippen molar-refractivity contribution in [1.82, 2.24) is 10.2 Å². The zero-order valence-corrected chi connectivity index (χ0v) is 11.9. The third kappa shape index (κ3) is 2.56. The molecule has 3 fully saturated rings. The Bertz CT molecular complexity index is 283. The topological polar surface area (TPSA) is 50.5 Å². The van der Waals surface area contributed by atoms with E-state index in [1.807, 2.05) is 0 Å². The summed E-state index contributed by atoms with van der Waals surface area (Å²) in [5, 5.41) is 3.46. The van der Waals surface area contributed by atoms with Crippen molar-refractivity contribution in [1.29, 1.82) is 0 Å². The molecule has 3 aliphatic heterocycles. The van der Waals surface area contributed by atoms with Crippen LogP contribution in [0.1, 0.15) is 19.3 Å². The molecule has 0 aliphatic carbocycles. The molecule has 3 aliphatic rings. The molecule has 0 aromatic carbocycles. The lowest BCUT2D eigenvalue weighted by Crippen LogP contribution is -2.60. The minimum absolute atomic E-state index is 0.192.